The molecule has 66 heavy (non-hydrogen) atoms. The Bertz CT molecular complexity index is 3050. The number of hydrogen-bond donors (Lipinski definition) is 0. The van der Waals surface area contributed by atoms with Crippen molar-refractivity contribution in [1.82, 2.24) is 0 Å². The van der Waals surface area contributed by atoms with Crippen LogP contribution in [0.3, 0.4) is 0 Å². The van der Waals surface area contributed by atoms with Crippen LogP contribution in [-0.2, 0) is 37.9 Å². The zero-order valence-electron chi connectivity index (χ0n) is 43.6. The van der Waals surface area contributed by atoms with E-state index < -0.39 is 0 Å². The van der Waals surface area contributed by atoms with Gasteiger partial charge in [0.25, 0.3) is 6.71 Å². The van der Waals surface area contributed by atoms with E-state index in [1.54, 1.807) is 16.7 Å². The lowest BCUT2D eigenvalue weighted by molar-refractivity contribution is 0.331. The van der Waals surface area contributed by atoms with Gasteiger partial charge in [0.1, 0.15) is 0 Å². The lowest BCUT2D eigenvalue weighted by Crippen LogP contribution is -2.61. The Kier molecular flexibility index (Phi) is 9.19. The van der Waals surface area contributed by atoms with Gasteiger partial charge < -0.3 is 9.80 Å². The van der Waals surface area contributed by atoms with Crippen molar-refractivity contribution in [2.75, 3.05) is 9.80 Å². The first-order chi connectivity index (χ1) is 30.6. The minimum Gasteiger partial charge on any atom is -0.311 e. The second-order valence-corrected chi connectivity index (χ2v) is 27.8. The largest absolute Gasteiger partial charge is 0.311 e. The lowest BCUT2D eigenvalue weighted by atomic mass is 9.33. The van der Waals surface area contributed by atoms with Gasteiger partial charge in [-0.25, -0.2) is 0 Å². The fourth-order valence-electron chi connectivity index (χ4n) is 13.4. The van der Waals surface area contributed by atoms with Crippen LogP contribution < -0.4 is 26.2 Å². The Morgan fingerprint density at radius 2 is 0.909 bits per heavy atom. The average Bonchev–Trinajstić information content (AvgIpc) is 3.60. The highest BCUT2D eigenvalue weighted by Gasteiger charge is 2.49. The first kappa shape index (κ1) is 44.2. The summed E-state index contributed by atoms with van der Waals surface area (Å²) < 4.78 is 1.42. The summed E-state index contributed by atoms with van der Waals surface area (Å²) in [6.45, 7) is 41.7. The average molecular weight is 891 g/mol. The third-order valence-electron chi connectivity index (χ3n) is 18.2. The van der Waals surface area contributed by atoms with Gasteiger partial charge in [-0.3, -0.25) is 0 Å². The van der Waals surface area contributed by atoms with E-state index in [9.17, 15) is 0 Å². The predicted octanol–water partition coefficient (Wildman–Crippen LogP) is 15.9. The number of benzene rings is 5. The van der Waals surface area contributed by atoms with Crippen molar-refractivity contribution in [3.05, 3.63) is 123 Å². The maximum Gasteiger partial charge on any atom is 0.254 e. The van der Waals surface area contributed by atoms with Gasteiger partial charge >= 0.3 is 0 Å². The second kappa shape index (κ2) is 13.7. The van der Waals surface area contributed by atoms with Crippen molar-refractivity contribution in [3.8, 4) is 0 Å². The Hall–Kier alpha value is -4.28. The van der Waals surface area contributed by atoms with Crippen LogP contribution in [0.2, 0.25) is 0 Å². The van der Waals surface area contributed by atoms with Crippen molar-refractivity contribution >= 4 is 78.0 Å². The molecule has 5 aromatic carbocycles. The van der Waals surface area contributed by atoms with Crippen LogP contribution in [0.1, 0.15) is 192 Å². The molecule has 0 spiro atoms. The van der Waals surface area contributed by atoms with E-state index in [0.29, 0.717) is 0 Å². The minimum absolute atomic E-state index is 0.0671. The summed E-state index contributed by atoms with van der Waals surface area (Å²) in [4.78, 5) is 5.45. The van der Waals surface area contributed by atoms with Gasteiger partial charge in [0.15, 0.2) is 0 Å². The molecule has 0 unspecified atom stereocenters. The van der Waals surface area contributed by atoms with Crippen LogP contribution in [0.25, 0.3) is 10.1 Å². The lowest BCUT2D eigenvalue weighted by Gasteiger charge is -2.48. The van der Waals surface area contributed by atoms with Crippen LogP contribution in [0.5, 0.6) is 0 Å². The minimum atomic E-state index is 0.0671. The van der Waals surface area contributed by atoms with Crippen molar-refractivity contribution in [3.63, 3.8) is 0 Å². The van der Waals surface area contributed by atoms with Gasteiger partial charge in [-0.05, 0) is 211 Å². The quantitative estimate of drug-likeness (QED) is 0.160. The van der Waals surface area contributed by atoms with Gasteiger partial charge in [0.2, 0.25) is 0 Å². The summed E-state index contributed by atoms with van der Waals surface area (Å²) in [6, 6.07) is 30.7. The van der Waals surface area contributed by atoms with E-state index >= 15 is 0 Å². The molecule has 342 valence electrons. The molecule has 2 nitrogen and oxygen atoms in total. The van der Waals surface area contributed by atoms with Crippen molar-refractivity contribution < 1.29 is 0 Å². The Labute approximate surface area is 402 Å². The maximum atomic E-state index is 2.76. The number of aryl methyl sites for hydroxylation is 2. The molecule has 0 N–H and O–H groups in total. The molecule has 3 aliphatic carbocycles. The molecular formula is C62H75BN2S. The first-order valence-corrected chi connectivity index (χ1v) is 26.2. The third-order valence-corrected chi connectivity index (χ3v) is 19.3. The summed E-state index contributed by atoms with van der Waals surface area (Å²) in [7, 11) is 0. The molecule has 0 radical (unpaired) electrons. The summed E-state index contributed by atoms with van der Waals surface area (Å²) >= 11 is 2.03. The molecule has 3 heterocycles. The standard InChI is InChI=1S/C62H75BN2S/c1-36-28-50-54-51(29-36)65(48-33-44-41(30-37(48)2)57(6,7)22-25-60(44,12)13)49-34-45-43(59(10,11)24-26-61(45,14)15)32-47(49)63(54)53-40-31-42-46(62(16,17)27-23-58(42,8)9)35-52(40)66-55(53)64(50)39-20-18-38(19-21-39)56(3,4)5/h18-21,28-35H,22-27H2,1-17H3. The topological polar surface area (TPSA) is 6.48 Å². The Balaban J connectivity index is 1.29. The molecule has 0 saturated heterocycles. The fourth-order valence-corrected chi connectivity index (χ4v) is 14.6. The van der Waals surface area contributed by atoms with Gasteiger partial charge in [-0.2, -0.15) is 0 Å². The first-order valence-electron chi connectivity index (χ1n) is 25.4. The highest BCUT2D eigenvalue weighted by molar-refractivity contribution is 7.26. The molecule has 11 rings (SSSR count). The summed E-state index contributed by atoms with van der Waals surface area (Å²) in [5.41, 5.74) is 24.9. The summed E-state index contributed by atoms with van der Waals surface area (Å²) in [5.74, 6) is 0. The van der Waals surface area contributed by atoms with Crippen LogP contribution in [0.4, 0.5) is 33.4 Å². The van der Waals surface area contributed by atoms with Crippen LogP contribution in [0, 0.1) is 13.8 Å². The molecule has 0 bridgehead atoms. The van der Waals surface area contributed by atoms with E-state index in [1.807, 2.05) is 11.3 Å². The highest BCUT2D eigenvalue weighted by atomic mass is 32.1. The molecule has 5 aliphatic rings. The molecule has 2 aliphatic heterocycles. The zero-order valence-corrected chi connectivity index (χ0v) is 44.4. The zero-order chi connectivity index (χ0) is 47.2. The molecule has 0 fully saturated rings. The van der Waals surface area contributed by atoms with Crippen molar-refractivity contribution in [2.45, 2.75) is 194 Å². The monoisotopic (exact) mass is 891 g/mol. The Morgan fingerprint density at radius 3 is 1.42 bits per heavy atom. The van der Waals surface area contributed by atoms with Gasteiger partial charge in [0.05, 0.1) is 5.00 Å². The van der Waals surface area contributed by atoms with E-state index in [2.05, 4.69) is 200 Å². The number of anilines is 6. The van der Waals surface area contributed by atoms with Crippen molar-refractivity contribution in [2.24, 2.45) is 0 Å². The van der Waals surface area contributed by atoms with Crippen LogP contribution in [-0.4, -0.2) is 6.71 Å². The number of thiophene rings is 1. The smallest absolute Gasteiger partial charge is 0.254 e. The normalized spacial score (nSPS) is 21.1. The maximum absolute atomic E-state index is 2.76. The molecule has 6 aromatic rings. The summed E-state index contributed by atoms with van der Waals surface area (Å²) in [5, 5.41) is 2.83. The van der Waals surface area contributed by atoms with E-state index in [1.165, 1.54) is 132 Å². The molecule has 1 aromatic heterocycles. The SMILES string of the molecule is Cc1cc2c3c(c1)N(c1ccc(C(C)(C)C)cc1)c1sc4cc5c(cc4c1B3c1cc3c(cc1N2c1cc2c(cc1C)C(C)(C)CCC2(C)C)C(C)(C)CCC3(C)C)C(C)(C)CCC5(C)C. The third kappa shape index (κ3) is 6.31. The van der Waals surface area contributed by atoms with Crippen molar-refractivity contribution in [1.29, 1.82) is 0 Å². The number of nitrogens with zero attached hydrogens (tertiary/aromatic N) is 2. The number of hydrogen-bond acceptors (Lipinski definition) is 3. The number of rotatable bonds is 2. The highest BCUT2D eigenvalue weighted by Crippen LogP contribution is 2.55. The predicted molar refractivity (Wildman–Crippen MR) is 290 cm³/mol. The molecule has 0 atom stereocenters. The molecule has 0 amide bonds. The van der Waals surface area contributed by atoms with E-state index in [0.717, 1.165) is 0 Å². The molecule has 0 saturated carbocycles. The number of fused-ring (bicyclic) bond motifs is 9. The second-order valence-electron chi connectivity index (χ2n) is 26.8. The molecular weight excluding hydrogens is 816 g/mol. The summed E-state index contributed by atoms with van der Waals surface area (Å²) in [6.07, 6.45) is 7.20. The van der Waals surface area contributed by atoms with Gasteiger partial charge in [-0.1, -0.05) is 128 Å². The van der Waals surface area contributed by atoms with E-state index in [-0.39, 0.29) is 44.6 Å². The molecule has 4 heteroatoms. The van der Waals surface area contributed by atoms with Crippen LogP contribution in [0.15, 0.2) is 72.8 Å². The van der Waals surface area contributed by atoms with Gasteiger partial charge in [-0.15, -0.1) is 11.3 Å². The fraction of sp³-hybridized carbons (Fsp3) is 0.484. The van der Waals surface area contributed by atoms with Crippen LogP contribution >= 0.6 is 11.3 Å². The van der Waals surface area contributed by atoms with Gasteiger partial charge in [0, 0.05) is 33.1 Å². The Morgan fingerprint density at radius 1 is 0.470 bits per heavy atom. The van der Waals surface area contributed by atoms with E-state index in [4.69, 9.17) is 0 Å².